The van der Waals surface area contributed by atoms with Crippen molar-refractivity contribution in [1.82, 2.24) is 19.9 Å². The van der Waals surface area contributed by atoms with Crippen LogP contribution in [0.2, 0.25) is 0 Å². The number of hydrogen-bond donors (Lipinski definition) is 4. The fraction of sp³-hybridized carbons (Fsp3) is 0.0571. The van der Waals surface area contributed by atoms with Crippen LogP contribution in [-0.4, -0.2) is 59.3 Å². The molecule has 0 aliphatic heterocycles. The molecule has 0 aliphatic rings. The van der Waals surface area contributed by atoms with Crippen LogP contribution in [0.5, 0.6) is 0 Å². The smallest absolute Gasteiger partial charge is 0.503 e. The van der Waals surface area contributed by atoms with E-state index in [1.165, 1.54) is 26.4 Å². The molecule has 0 saturated carbocycles. The highest BCUT2D eigenvalue weighted by Crippen LogP contribution is 2.31. The Kier molecular flexibility index (Phi) is 8.92. The van der Waals surface area contributed by atoms with Gasteiger partial charge in [-0.15, -0.1) is 0 Å². The molecule has 48 heavy (non-hydrogen) atoms. The molecule has 0 saturated heterocycles. The lowest BCUT2D eigenvalue weighted by molar-refractivity contribution is 0.0592. The van der Waals surface area contributed by atoms with Gasteiger partial charge in [0.2, 0.25) is 5.78 Å². The fourth-order valence-electron chi connectivity index (χ4n) is 5.25. The highest BCUT2D eigenvalue weighted by molar-refractivity contribution is 6.36. The Balaban J connectivity index is 1.32. The van der Waals surface area contributed by atoms with E-state index in [2.05, 4.69) is 19.9 Å². The number of ether oxygens (including phenoxy) is 2. The maximum atomic E-state index is 13.6. The zero-order chi connectivity index (χ0) is 33.8. The first-order valence-electron chi connectivity index (χ1n) is 14.6. The molecule has 0 unspecified atom stereocenters. The molecule has 240 valence electrons. The predicted molar refractivity (Wildman–Crippen MR) is 176 cm³/mol. The molecule has 10 nitrogen and oxygen atoms in total. The number of hydrogen-bond acceptors (Lipinski definition) is 6. The maximum Gasteiger partial charge on any atom is 0.796 e. The van der Waals surface area contributed by atoms with Gasteiger partial charge in [0.25, 0.3) is 0 Å². The Labute approximate surface area is 273 Å². The Bertz CT molecular complexity index is 2130. The van der Waals surface area contributed by atoms with E-state index in [0.717, 1.165) is 17.5 Å². The summed E-state index contributed by atoms with van der Waals surface area (Å²) in [6.45, 7) is 0. The highest BCUT2D eigenvalue weighted by Gasteiger charge is 2.23. The molecule has 0 fully saturated rings. The van der Waals surface area contributed by atoms with E-state index in [1.807, 2.05) is 36.4 Å². The number of halogens is 2. The van der Waals surface area contributed by atoms with Crippen molar-refractivity contribution in [3.63, 3.8) is 0 Å². The molecule has 0 bridgehead atoms. The molecule has 2 aromatic carbocycles. The molecule has 0 atom stereocenters. The average molecular weight is 648 g/mol. The number of esters is 2. The molecule has 4 N–H and O–H groups in total. The molecule has 13 heteroatoms. The van der Waals surface area contributed by atoms with Gasteiger partial charge in [-0.2, -0.15) is 0 Å². The molecular formula is C35H27BF2N4O6. The van der Waals surface area contributed by atoms with Crippen LogP contribution in [0.25, 0.3) is 50.8 Å². The third-order valence-electron chi connectivity index (χ3n) is 7.53. The number of carbonyl (C=O) groups excluding carboxylic acids is 3. The normalized spacial score (nSPS) is 11.3. The van der Waals surface area contributed by atoms with Gasteiger partial charge in [0.15, 0.2) is 0 Å². The first kappa shape index (κ1) is 31.6. The summed E-state index contributed by atoms with van der Waals surface area (Å²) in [5.74, 6) is -2.12. The Hall–Kier alpha value is -6.37. The Morgan fingerprint density at radius 2 is 1.08 bits per heavy atom. The van der Waals surface area contributed by atoms with Crippen molar-refractivity contribution in [2.45, 2.75) is 0 Å². The van der Waals surface area contributed by atoms with E-state index in [-0.39, 0.29) is 17.0 Å². The van der Waals surface area contributed by atoms with Crippen molar-refractivity contribution >= 4 is 31.0 Å². The molecule has 6 aromatic rings. The van der Waals surface area contributed by atoms with E-state index in [4.69, 9.17) is 14.1 Å². The second kappa shape index (κ2) is 13.6. The van der Waals surface area contributed by atoms with E-state index >= 15 is 0 Å². The summed E-state index contributed by atoms with van der Waals surface area (Å²) in [6.07, 6.45) is 4.46. The van der Waals surface area contributed by atoms with Crippen LogP contribution in [0.1, 0.15) is 36.9 Å². The van der Waals surface area contributed by atoms with E-state index in [9.17, 15) is 23.0 Å². The zero-order valence-corrected chi connectivity index (χ0v) is 25.6. The highest BCUT2D eigenvalue weighted by atomic mass is 19.2. The van der Waals surface area contributed by atoms with Gasteiger partial charge < -0.3 is 34.1 Å². The largest absolute Gasteiger partial charge is 0.796 e. The molecule has 0 amide bonds. The van der Waals surface area contributed by atoms with Crippen LogP contribution < -0.4 is 0 Å². The molecule has 4 aromatic heterocycles. The molecular weight excluding hydrogens is 621 g/mol. The van der Waals surface area contributed by atoms with Gasteiger partial charge >= 0.3 is 19.4 Å². The number of nitrogens with one attached hydrogen (secondary N) is 4. The van der Waals surface area contributed by atoms with Crippen LogP contribution in [0.4, 0.5) is 8.63 Å². The van der Waals surface area contributed by atoms with Crippen LogP contribution in [0, 0.1) is 0 Å². The lowest BCUT2D eigenvalue weighted by Crippen LogP contribution is -2.07. The van der Waals surface area contributed by atoms with E-state index in [1.54, 1.807) is 48.8 Å². The van der Waals surface area contributed by atoms with Crippen LogP contribution in [-0.2, 0) is 14.1 Å². The molecule has 0 radical (unpaired) electrons. The van der Waals surface area contributed by atoms with E-state index < -0.39 is 31.0 Å². The lowest BCUT2D eigenvalue weighted by atomic mass is 10.0. The number of rotatable bonds is 11. The quantitative estimate of drug-likeness (QED) is 0.0379. The minimum Gasteiger partial charge on any atom is -0.503 e. The van der Waals surface area contributed by atoms with Crippen LogP contribution in [0.15, 0.2) is 103 Å². The monoisotopic (exact) mass is 648 g/mol. The van der Waals surface area contributed by atoms with Gasteiger partial charge in [0.1, 0.15) is 5.76 Å². The van der Waals surface area contributed by atoms with Gasteiger partial charge in [-0.3, -0.25) is 4.79 Å². The molecule has 4 heterocycles. The predicted octanol–water partition coefficient (Wildman–Crippen LogP) is 7.40. The van der Waals surface area contributed by atoms with Gasteiger partial charge in [-0.05, 0) is 107 Å². The first-order chi connectivity index (χ1) is 23.2. The summed E-state index contributed by atoms with van der Waals surface area (Å²) >= 11 is 0. The van der Waals surface area contributed by atoms with Crippen molar-refractivity contribution < 1.29 is 37.1 Å². The van der Waals surface area contributed by atoms with Crippen molar-refractivity contribution in [3.05, 3.63) is 126 Å². The Morgan fingerprint density at radius 3 is 1.52 bits per heavy atom. The number of methoxy groups -OCH3 is 2. The van der Waals surface area contributed by atoms with Crippen LogP contribution in [0.3, 0.4) is 0 Å². The second-order valence-electron chi connectivity index (χ2n) is 10.6. The van der Waals surface area contributed by atoms with Gasteiger partial charge in [-0.1, -0.05) is 0 Å². The SMILES string of the molecule is COC(=O)c1cc(-c2ccc[nH]2)cc(-c2ccc(C(=O)/C=C(\OB(F)F)c3ccc(-c4cc(C(=O)OC)cc(-c5ccc[nH]5)c4)[nH]3)[nH]2)c1. The minimum atomic E-state index is -3.22. The summed E-state index contributed by atoms with van der Waals surface area (Å²) in [6, 6.07) is 23.8. The molecule has 0 aliphatic carbocycles. The number of carbonyl (C=O) groups is 3. The van der Waals surface area contributed by atoms with Crippen molar-refractivity contribution in [3.8, 4) is 45.0 Å². The Morgan fingerprint density at radius 1 is 0.625 bits per heavy atom. The van der Waals surface area contributed by atoms with Gasteiger partial charge in [-0.25, -0.2) is 18.2 Å². The van der Waals surface area contributed by atoms with Gasteiger partial charge in [0.05, 0.1) is 36.7 Å². The fourth-order valence-corrected chi connectivity index (χ4v) is 5.25. The summed E-state index contributed by atoms with van der Waals surface area (Å²) in [4.78, 5) is 50.4. The number of aromatic amines is 4. The third-order valence-corrected chi connectivity index (χ3v) is 7.53. The molecule has 6 rings (SSSR count). The number of benzene rings is 2. The third kappa shape index (κ3) is 6.75. The van der Waals surface area contributed by atoms with Crippen molar-refractivity contribution in [1.29, 1.82) is 0 Å². The van der Waals surface area contributed by atoms with Crippen molar-refractivity contribution in [2.24, 2.45) is 0 Å². The summed E-state index contributed by atoms with van der Waals surface area (Å²) in [5, 5.41) is 0. The number of aromatic nitrogens is 4. The van der Waals surface area contributed by atoms with Crippen LogP contribution >= 0.6 is 0 Å². The van der Waals surface area contributed by atoms with Crippen molar-refractivity contribution in [2.75, 3.05) is 14.2 Å². The topological polar surface area (TPSA) is 142 Å². The summed E-state index contributed by atoms with van der Waals surface area (Å²) in [5.41, 5.74) is 5.87. The molecule has 0 spiro atoms. The minimum absolute atomic E-state index is 0.0957. The zero-order valence-electron chi connectivity index (χ0n) is 25.6. The number of ketones is 1. The number of H-pyrrole nitrogens is 4. The standard InChI is InChI=1S/C35H27BF2N4O6/c1-46-34(44)24-15-20(26-5-3-11-39-26)13-22(17-24)28-7-9-30(41-28)32(43)19-33(48-36(37)38)31-10-8-29(42-31)23-14-21(27-6-4-12-40-27)16-25(18-23)35(45)47-2/h3-19,39-42H,1-2H3/b33-19-. The first-order valence-corrected chi connectivity index (χ1v) is 14.6. The van der Waals surface area contributed by atoms with Gasteiger partial charge in [0, 0.05) is 41.2 Å². The summed E-state index contributed by atoms with van der Waals surface area (Å²) < 4.78 is 41.7. The van der Waals surface area contributed by atoms with E-state index in [0.29, 0.717) is 39.2 Å². The number of allylic oxidation sites excluding steroid dienone is 1. The maximum absolute atomic E-state index is 13.6. The summed E-state index contributed by atoms with van der Waals surface area (Å²) in [7, 11) is -0.656. The lowest BCUT2D eigenvalue weighted by Gasteiger charge is -2.09. The average Bonchev–Trinajstić information content (AvgIpc) is 3.94. The second-order valence-corrected chi connectivity index (χ2v) is 10.6.